The molecule has 3 aromatic rings. The van der Waals surface area contributed by atoms with Crippen LogP contribution in [0.15, 0.2) is 57.8 Å². The zero-order chi connectivity index (χ0) is 16.4. The van der Waals surface area contributed by atoms with E-state index in [1.165, 1.54) is 0 Å². The Morgan fingerprint density at radius 1 is 1.17 bits per heavy atom. The number of H-pyrrole nitrogens is 1. The molecule has 4 nitrogen and oxygen atoms in total. The lowest BCUT2D eigenvalue weighted by Crippen LogP contribution is -2.21. The van der Waals surface area contributed by atoms with Crippen molar-refractivity contribution in [2.75, 3.05) is 6.61 Å². The SMILES string of the molecule is CCOC(=O)c1c(-c2ccccc2)c2cc(Br)ccc2[nH]c1=O. The van der Waals surface area contributed by atoms with Gasteiger partial charge in [-0.3, -0.25) is 4.79 Å². The Morgan fingerprint density at radius 3 is 2.61 bits per heavy atom. The molecule has 0 radical (unpaired) electrons. The van der Waals surface area contributed by atoms with Crippen molar-refractivity contribution in [1.82, 2.24) is 4.98 Å². The average Bonchev–Trinajstić information content (AvgIpc) is 2.55. The molecule has 0 amide bonds. The first kappa shape index (κ1) is 15.5. The number of aromatic nitrogens is 1. The van der Waals surface area contributed by atoms with Crippen LogP contribution in [0.4, 0.5) is 0 Å². The van der Waals surface area contributed by atoms with Gasteiger partial charge in [-0.25, -0.2) is 4.79 Å². The number of pyridine rings is 1. The van der Waals surface area contributed by atoms with Crippen molar-refractivity contribution in [2.24, 2.45) is 0 Å². The number of nitrogens with one attached hydrogen (secondary N) is 1. The molecular formula is C18H14BrNO3. The van der Waals surface area contributed by atoms with Crippen LogP contribution in [0.3, 0.4) is 0 Å². The maximum atomic E-state index is 12.5. The van der Waals surface area contributed by atoms with Crippen LogP contribution in [-0.2, 0) is 4.74 Å². The summed E-state index contributed by atoms with van der Waals surface area (Å²) in [5.74, 6) is -0.616. The third-order valence-electron chi connectivity index (χ3n) is 3.52. The van der Waals surface area contributed by atoms with Crippen LogP contribution in [-0.4, -0.2) is 17.6 Å². The summed E-state index contributed by atoms with van der Waals surface area (Å²) in [5.41, 5.74) is 1.64. The molecule has 116 valence electrons. The predicted octanol–water partition coefficient (Wildman–Crippen LogP) is 4.13. The highest BCUT2D eigenvalue weighted by molar-refractivity contribution is 9.10. The first-order chi connectivity index (χ1) is 11.1. The fourth-order valence-corrected chi connectivity index (χ4v) is 2.93. The Hall–Kier alpha value is -2.40. The van der Waals surface area contributed by atoms with Gasteiger partial charge in [0.05, 0.1) is 6.61 Å². The van der Waals surface area contributed by atoms with Crippen molar-refractivity contribution in [3.05, 3.63) is 68.9 Å². The van der Waals surface area contributed by atoms with Gasteiger partial charge < -0.3 is 9.72 Å². The summed E-state index contributed by atoms with van der Waals surface area (Å²) >= 11 is 3.44. The van der Waals surface area contributed by atoms with E-state index in [4.69, 9.17) is 4.74 Å². The number of benzene rings is 2. The van der Waals surface area contributed by atoms with E-state index >= 15 is 0 Å². The molecule has 0 fully saturated rings. The van der Waals surface area contributed by atoms with Crippen molar-refractivity contribution in [1.29, 1.82) is 0 Å². The third kappa shape index (κ3) is 2.92. The molecule has 0 spiro atoms. The third-order valence-corrected chi connectivity index (χ3v) is 4.01. The van der Waals surface area contributed by atoms with E-state index < -0.39 is 11.5 Å². The molecule has 23 heavy (non-hydrogen) atoms. The highest BCUT2D eigenvalue weighted by Gasteiger charge is 2.21. The van der Waals surface area contributed by atoms with Crippen LogP contribution in [0.2, 0.25) is 0 Å². The summed E-state index contributed by atoms with van der Waals surface area (Å²) in [6.07, 6.45) is 0. The maximum Gasteiger partial charge on any atom is 0.344 e. The molecule has 0 atom stereocenters. The largest absolute Gasteiger partial charge is 0.462 e. The Morgan fingerprint density at radius 2 is 1.91 bits per heavy atom. The van der Waals surface area contributed by atoms with E-state index in [1.807, 2.05) is 48.5 Å². The smallest absolute Gasteiger partial charge is 0.344 e. The van der Waals surface area contributed by atoms with Crippen molar-refractivity contribution in [3.8, 4) is 11.1 Å². The molecule has 1 heterocycles. The lowest BCUT2D eigenvalue weighted by molar-refractivity contribution is 0.0525. The number of halogens is 1. The minimum atomic E-state index is -0.616. The second kappa shape index (κ2) is 6.38. The summed E-state index contributed by atoms with van der Waals surface area (Å²) in [6, 6.07) is 14.9. The first-order valence-electron chi connectivity index (χ1n) is 7.20. The Balaban J connectivity index is 2.44. The van der Waals surface area contributed by atoms with Crippen molar-refractivity contribution in [3.63, 3.8) is 0 Å². The van der Waals surface area contributed by atoms with Crippen LogP contribution in [0, 0.1) is 0 Å². The van der Waals surface area contributed by atoms with Crippen molar-refractivity contribution >= 4 is 32.8 Å². The minimum Gasteiger partial charge on any atom is -0.462 e. The van der Waals surface area contributed by atoms with E-state index in [1.54, 1.807) is 6.92 Å². The summed E-state index contributed by atoms with van der Waals surface area (Å²) in [5, 5.41) is 0.785. The number of hydrogen-bond acceptors (Lipinski definition) is 3. The second-order valence-corrected chi connectivity index (χ2v) is 5.90. The molecule has 0 saturated carbocycles. The standard InChI is InChI=1S/C18H14BrNO3/c1-2-23-18(22)16-15(11-6-4-3-5-7-11)13-10-12(19)8-9-14(13)20-17(16)21/h3-10H,2H2,1H3,(H,20,21). The number of aromatic amines is 1. The van der Waals surface area contributed by atoms with Gasteiger partial charge in [-0.2, -0.15) is 0 Å². The number of fused-ring (bicyclic) bond motifs is 1. The highest BCUT2D eigenvalue weighted by atomic mass is 79.9. The van der Waals surface area contributed by atoms with Crippen LogP contribution in [0.5, 0.6) is 0 Å². The molecule has 0 aliphatic heterocycles. The van der Waals surface area contributed by atoms with Gasteiger partial charge in [-0.05, 0) is 30.7 Å². The lowest BCUT2D eigenvalue weighted by atomic mass is 9.96. The van der Waals surface area contributed by atoms with Gasteiger partial charge in [-0.15, -0.1) is 0 Å². The highest BCUT2D eigenvalue weighted by Crippen LogP contribution is 2.31. The molecular weight excluding hydrogens is 358 g/mol. The van der Waals surface area contributed by atoms with E-state index in [2.05, 4.69) is 20.9 Å². The van der Waals surface area contributed by atoms with Crippen LogP contribution in [0.25, 0.3) is 22.0 Å². The predicted molar refractivity (Wildman–Crippen MR) is 93.7 cm³/mol. The zero-order valence-electron chi connectivity index (χ0n) is 12.4. The van der Waals surface area contributed by atoms with Crippen molar-refractivity contribution in [2.45, 2.75) is 6.92 Å². The van der Waals surface area contributed by atoms with Gasteiger partial charge in [-0.1, -0.05) is 46.3 Å². The number of hydrogen-bond donors (Lipinski definition) is 1. The lowest BCUT2D eigenvalue weighted by Gasteiger charge is -2.12. The zero-order valence-corrected chi connectivity index (χ0v) is 14.0. The topological polar surface area (TPSA) is 59.2 Å². The van der Waals surface area contributed by atoms with Gasteiger partial charge in [0.15, 0.2) is 0 Å². The maximum absolute atomic E-state index is 12.5. The van der Waals surface area contributed by atoms with Gasteiger partial charge in [0.2, 0.25) is 0 Å². The number of carbonyl (C=O) groups is 1. The monoisotopic (exact) mass is 371 g/mol. The number of carbonyl (C=O) groups excluding carboxylic acids is 1. The Kier molecular flexibility index (Phi) is 4.30. The number of rotatable bonds is 3. The molecule has 1 N–H and O–H groups in total. The second-order valence-electron chi connectivity index (χ2n) is 4.98. The van der Waals surface area contributed by atoms with Gasteiger partial charge in [0.1, 0.15) is 5.56 Å². The Labute approximate surface area is 141 Å². The van der Waals surface area contributed by atoms with Crippen LogP contribution in [0.1, 0.15) is 17.3 Å². The molecule has 3 rings (SSSR count). The first-order valence-corrected chi connectivity index (χ1v) is 7.99. The van der Waals surface area contributed by atoms with Gasteiger partial charge in [0.25, 0.3) is 5.56 Å². The number of esters is 1. The van der Waals surface area contributed by atoms with E-state index in [0.29, 0.717) is 11.1 Å². The molecule has 0 unspecified atom stereocenters. The molecule has 1 aromatic heterocycles. The van der Waals surface area contributed by atoms with E-state index in [0.717, 1.165) is 15.4 Å². The molecule has 2 aromatic carbocycles. The minimum absolute atomic E-state index is 0.0312. The summed E-state index contributed by atoms with van der Waals surface area (Å²) in [4.78, 5) is 27.6. The normalized spacial score (nSPS) is 10.7. The molecule has 0 saturated heterocycles. The fourth-order valence-electron chi connectivity index (χ4n) is 2.57. The molecule has 0 bridgehead atoms. The average molecular weight is 372 g/mol. The van der Waals surface area contributed by atoms with Gasteiger partial charge in [0, 0.05) is 20.9 Å². The van der Waals surface area contributed by atoms with Crippen molar-refractivity contribution < 1.29 is 9.53 Å². The van der Waals surface area contributed by atoms with Gasteiger partial charge >= 0.3 is 5.97 Å². The quantitative estimate of drug-likeness (QED) is 0.704. The summed E-state index contributed by atoms with van der Waals surface area (Å²) in [6.45, 7) is 1.93. The fraction of sp³-hybridized carbons (Fsp3) is 0.111. The molecule has 0 aliphatic rings. The van der Waals surface area contributed by atoms with Crippen LogP contribution >= 0.6 is 15.9 Å². The summed E-state index contributed by atoms with van der Waals surface area (Å²) in [7, 11) is 0. The van der Waals surface area contributed by atoms with Crippen LogP contribution < -0.4 is 5.56 Å². The summed E-state index contributed by atoms with van der Waals surface area (Å²) < 4.78 is 5.94. The van der Waals surface area contributed by atoms with E-state index in [-0.39, 0.29) is 12.2 Å². The molecule has 5 heteroatoms. The number of ether oxygens (including phenoxy) is 1. The Bertz CT molecular complexity index is 932. The molecule has 0 aliphatic carbocycles. The van der Waals surface area contributed by atoms with E-state index in [9.17, 15) is 9.59 Å².